The van der Waals surface area contributed by atoms with Gasteiger partial charge in [0.1, 0.15) is 0 Å². The van der Waals surface area contributed by atoms with Gasteiger partial charge in [-0.15, -0.1) is 0 Å². The van der Waals surface area contributed by atoms with Gasteiger partial charge in [0.25, 0.3) is 0 Å². The Morgan fingerprint density at radius 3 is 2.50 bits per heavy atom. The number of anilines is 1. The van der Waals surface area contributed by atoms with E-state index in [0.717, 1.165) is 0 Å². The average Bonchev–Trinajstić information content (AvgIpc) is 2.87. The van der Waals surface area contributed by atoms with Crippen molar-refractivity contribution in [2.45, 2.75) is 32.6 Å². The Morgan fingerprint density at radius 1 is 1.17 bits per heavy atom. The van der Waals surface area contributed by atoms with Crippen molar-refractivity contribution < 1.29 is 23.9 Å². The summed E-state index contributed by atoms with van der Waals surface area (Å²) >= 11 is 0. The summed E-state index contributed by atoms with van der Waals surface area (Å²) in [5.74, 6) is -1.16. The van der Waals surface area contributed by atoms with E-state index in [1.54, 1.807) is 31.2 Å². The molecule has 128 valence electrons. The number of nitrogens with zero attached hydrogens (tertiary/aromatic N) is 1. The Morgan fingerprint density at radius 2 is 1.83 bits per heavy atom. The maximum Gasteiger partial charge on any atom is 0.340 e. The highest BCUT2D eigenvalue weighted by Crippen LogP contribution is 2.17. The predicted molar refractivity (Wildman–Crippen MR) is 86.2 cm³/mol. The molecule has 1 heterocycles. The van der Waals surface area contributed by atoms with Crippen molar-refractivity contribution in [3.05, 3.63) is 29.8 Å². The Hall–Kier alpha value is -2.70. The van der Waals surface area contributed by atoms with Gasteiger partial charge >= 0.3 is 5.97 Å². The lowest BCUT2D eigenvalue weighted by Crippen LogP contribution is -2.30. The lowest BCUT2D eigenvalue weighted by atomic mass is 10.1. The van der Waals surface area contributed by atoms with Gasteiger partial charge in [0.05, 0.1) is 17.9 Å². The van der Waals surface area contributed by atoms with E-state index in [2.05, 4.69) is 5.32 Å². The highest BCUT2D eigenvalue weighted by molar-refractivity contribution is 6.02. The molecule has 1 N–H and O–H groups in total. The van der Waals surface area contributed by atoms with Crippen LogP contribution in [0, 0.1) is 0 Å². The van der Waals surface area contributed by atoms with Gasteiger partial charge in [-0.3, -0.25) is 19.3 Å². The molecular weight excluding hydrogens is 312 g/mol. The summed E-state index contributed by atoms with van der Waals surface area (Å²) in [6.45, 7) is 2.20. The first-order valence-corrected chi connectivity index (χ1v) is 7.92. The van der Waals surface area contributed by atoms with Gasteiger partial charge < -0.3 is 10.1 Å². The molecule has 0 aromatic heterocycles. The summed E-state index contributed by atoms with van der Waals surface area (Å²) in [5.41, 5.74) is 0.673. The van der Waals surface area contributed by atoms with E-state index in [1.807, 2.05) is 0 Å². The molecule has 0 bridgehead atoms. The molecule has 0 unspecified atom stereocenters. The van der Waals surface area contributed by atoms with E-state index in [0.29, 0.717) is 12.1 Å². The summed E-state index contributed by atoms with van der Waals surface area (Å²) in [5, 5.41) is 2.67. The van der Waals surface area contributed by atoms with Crippen molar-refractivity contribution >= 4 is 29.4 Å². The highest BCUT2D eigenvalue weighted by Gasteiger charge is 2.28. The number of ether oxygens (including phenoxy) is 1. The highest BCUT2D eigenvalue weighted by atomic mass is 16.5. The lowest BCUT2D eigenvalue weighted by Gasteiger charge is -2.14. The number of benzene rings is 1. The van der Waals surface area contributed by atoms with Crippen molar-refractivity contribution in [1.29, 1.82) is 0 Å². The molecule has 0 atom stereocenters. The van der Waals surface area contributed by atoms with E-state index in [4.69, 9.17) is 4.74 Å². The number of hydrogen-bond acceptors (Lipinski definition) is 5. The van der Waals surface area contributed by atoms with E-state index in [9.17, 15) is 19.2 Å². The molecule has 1 aromatic rings. The van der Waals surface area contributed by atoms with E-state index in [1.165, 1.54) is 4.90 Å². The molecule has 1 aliphatic heterocycles. The minimum absolute atomic E-state index is 0.147. The maximum atomic E-state index is 12.0. The molecule has 0 radical (unpaired) electrons. The first kappa shape index (κ1) is 17.7. The number of carbonyl (C=O) groups is 4. The lowest BCUT2D eigenvalue weighted by molar-refractivity contribution is -0.138. The molecule has 0 aliphatic carbocycles. The Kier molecular flexibility index (Phi) is 6.06. The van der Waals surface area contributed by atoms with E-state index in [-0.39, 0.29) is 55.7 Å². The monoisotopic (exact) mass is 332 g/mol. The molecule has 1 aromatic carbocycles. The third kappa shape index (κ3) is 4.41. The largest absolute Gasteiger partial charge is 0.462 e. The zero-order chi connectivity index (χ0) is 17.5. The third-order valence-electron chi connectivity index (χ3n) is 3.64. The number of rotatable bonds is 7. The Bertz CT molecular complexity index is 640. The van der Waals surface area contributed by atoms with Gasteiger partial charge in [-0.1, -0.05) is 12.1 Å². The number of hydrogen-bond donors (Lipinski definition) is 1. The third-order valence-corrected chi connectivity index (χ3v) is 3.64. The molecular formula is C17H20N2O5. The van der Waals surface area contributed by atoms with Gasteiger partial charge in [0.2, 0.25) is 17.7 Å². The SMILES string of the molecule is CCOC(=O)c1ccccc1NC(=O)CCCN1C(=O)CCC1=O. The Labute approximate surface area is 140 Å². The van der Waals surface area contributed by atoms with Gasteiger partial charge in [0.15, 0.2) is 0 Å². The summed E-state index contributed by atoms with van der Waals surface area (Å²) in [6, 6.07) is 6.60. The van der Waals surface area contributed by atoms with E-state index < -0.39 is 5.97 Å². The topological polar surface area (TPSA) is 92.8 Å². The normalized spacial score (nSPS) is 14.0. The molecule has 1 fully saturated rings. The van der Waals surface area contributed by atoms with Crippen LogP contribution < -0.4 is 5.32 Å². The number of para-hydroxylation sites is 1. The van der Waals surface area contributed by atoms with Crippen LogP contribution in [0.5, 0.6) is 0 Å². The van der Waals surface area contributed by atoms with Crippen molar-refractivity contribution in [3.63, 3.8) is 0 Å². The van der Waals surface area contributed by atoms with Gasteiger partial charge in [0, 0.05) is 25.8 Å². The zero-order valence-electron chi connectivity index (χ0n) is 13.5. The second kappa shape index (κ2) is 8.24. The van der Waals surface area contributed by atoms with Crippen LogP contribution in [0.4, 0.5) is 5.69 Å². The molecule has 2 rings (SSSR count). The summed E-state index contributed by atoms with van der Waals surface area (Å²) < 4.78 is 4.95. The standard InChI is InChI=1S/C17H20N2O5/c1-2-24-17(23)12-6-3-4-7-13(12)18-14(20)8-5-11-19-15(21)9-10-16(19)22/h3-4,6-7H,2,5,8-11H2,1H3,(H,18,20). The van der Waals surface area contributed by atoms with Crippen LogP contribution in [0.15, 0.2) is 24.3 Å². The van der Waals surface area contributed by atoms with Gasteiger partial charge in [-0.25, -0.2) is 4.79 Å². The fourth-order valence-electron chi connectivity index (χ4n) is 2.46. The number of carbonyl (C=O) groups excluding carboxylic acids is 4. The van der Waals surface area contributed by atoms with Crippen LogP contribution in [-0.4, -0.2) is 41.7 Å². The summed E-state index contributed by atoms with van der Waals surface area (Å²) in [6.07, 6.45) is 1.02. The minimum atomic E-state index is -0.498. The second-order valence-electron chi connectivity index (χ2n) is 5.36. The van der Waals surface area contributed by atoms with Crippen molar-refractivity contribution in [2.75, 3.05) is 18.5 Å². The smallest absolute Gasteiger partial charge is 0.340 e. The summed E-state index contributed by atoms with van der Waals surface area (Å²) in [4.78, 5) is 48.0. The van der Waals surface area contributed by atoms with Crippen molar-refractivity contribution in [2.24, 2.45) is 0 Å². The summed E-state index contributed by atoms with van der Waals surface area (Å²) in [7, 11) is 0. The van der Waals surface area contributed by atoms with Crippen LogP contribution >= 0.6 is 0 Å². The number of esters is 1. The fourth-order valence-corrected chi connectivity index (χ4v) is 2.46. The van der Waals surface area contributed by atoms with Crippen LogP contribution in [0.2, 0.25) is 0 Å². The van der Waals surface area contributed by atoms with E-state index >= 15 is 0 Å². The molecule has 0 spiro atoms. The first-order chi connectivity index (χ1) is 11.5. The number of imide groups is 1. The van der Waals surface area contributed by atoms with Crippen molar-refractivity contribution in [3.8, 4) is 0 Å². The van der Waals surface area contributed by atoms with Crippen LogP contribution in [0.1, 0.15) is 43.0 Å². The number of nitrogens with one attached hydrogen (secondary N) is 1. The molecule has 7 nitrogen and oxygen atoms in total. The molecule has 7 heteroatoms. The minimum Gasteiger partial charge on any atom is -0.462 e. The van der Waals surface area contributed by atoms with Crippen molar-refractivity contribution in [1.82, 2.24) is 4.90 Å². The van der Waals surface area contributed by atoms with Gasteiger partial charge in [-0.05, 0) is 25.5 Å². The number of likely N-dealkylation sites (tertiary alicyclic amines) is 1. The number of amides is 3. The maximum absolute atomic E-state index is 12.0. The fraction of sp³-hybridized carbons (Fsp3) is 0.412. The van der Waals surface area contributed by atoms with Crippen LogP contribution in [0.25, 0.3) is 0 Å². The second-order valence-corrected chi connectivity index (χ2v) is 5.36. The molecule has 24 heavy (non-hydrogen) atoms. The zero-order valence-corrected chi connectivity index (χ0v) is 13.5. The van der Waals surface area contributed by atoms with Gasteiger partial charge in [-0.2, -0.15) is 0 Å². The van der Waals surface area contributed by atoms with Crippen LogP contribution in [-0.2, 0) is 19.1 Å². The molecule has 1 aliphatic rings. The molecule has 0 saturated carbocycles. The quantitative estimate of drug-likeness (QED) is 0.606. The first-order valence-electron chi connectivity index (χ1n) is 7.92. The predicted octanol–water partition coefficient (Wildman–Crippen LogP) is 1.73. The molecule has 1 saturated heterocycles. The average molecular weight is 332 g/mol. The Balaban J connectivity index is 1.87. The molecule has 3 amide bonds. The van der Waals surface area contributed by atoms with Crippen LogP contribution in [0.3, 0.4) is 0 Å².